The fraction of sp³-hybridized carbons (Fsp3) is 0.296. The molecular weight excluding hydrogens is 396 g/mol. The molecule has 32 heavy (non-hydrogen) atoms. The SMILES string of the molecule is C=CCNC(=O)C1(Cc2cccc(-c3ccncc3)c2)CCN(Cc2ccccn2)CC1. The molecule has 1 fully saturated rings. The van der Waals surface area contributed by atoms with Crippen molar-refractivity contribution in [1.82, 2.24) is 20.2 Å². The maximum absolute atomic E-state index is 13.3. The van der Waals surface area contributed by atoms with Crippen LogP contribution in [0.2, 0.25) is 0 Å². The standard InChI is InChI=1S/C27H30N4O/c1-2-13-30-26(32)27(11-17-31(18-12-27)21-25-8-3-4-14-29-25)20-22-6-5-7-24(19-22)23-9-15-28-16-10-23/h2-10,14-16,19H,1,11-13,17-18,20-21H2,(H,30,32). The number of pyridine rings is 2. The Morgan fingerprint density at radius 2 is 1.84 bits per heavy atom. The van der Waals surface area contributed by atoms with Crippen LogP contribution in [0.4, 0.5) is 0 Å². The van der Waals surface area contributed by atoms with Gasteiger partial charge < -0.3 is 5.32 Å². The Labute approximate surface area is 190 Å². The summed E-state index contributed by atoms with van der Waals surface area (Å²) in [4.78, 5) is 24.3. The maximum atomic E-state index is 13.3. The molecule has 2 aromatic heterocycles. The number of amides is 1. The van der Waals surface area contributed by atoms with Gasteiger partial charge in [0.15, 0.2) is 0 Å². The smallest absolute Gasteiger partial charge is 0.226 e. The second-order valence-electron chi connectivity index (χ2n) is 8.49. The minimum Gasteiger partial charge on any atom is -0.352 e. The van der Waals surface area contributed by atoms with Crippen molar-refractivity contribution in [2.45, 2.75) is 25.8 Å². The normalized spacial score (nSPS) is 15.8. The molecular formula is C27H30N4O. The molecule has 0 aliphatic carbocycles. The van der Waals surface area contributed by atoms with Gasteiger partial charge in [-0.05, 0) is 73.3 Å². The largest absolute Gasteiger partial charge is 0.352 e. The molecule has 0 atom stereocenters. The highest BCUT2D eigenvalue weighted by Crippen LogP contribution is 2.37. The molecule has 1 aromatic carbocycles. The Morgan fingerprint density at radius 1 is 1.03 bits per heavy atom. The number of likely N-dealkylation sites (tertiary alicyclic amines) is 1. The number of hydrogen-bond donors (Lipinski definition) is 1. The Hall–Kier alpha value is -3.31. The first-order valence-corrected chi connectivity index (χ1v) is 11.2. The highest BCUT2D eigenvalue weighted by molar-refractivity contribution is 5.83. The second-order valence-corrected chi connectivity index (χ2v) is 8.49. The van der Waals surface area contributed by atoms with Crippen LogP contribution < -0.4 is 5.32 Å². The van der Waals surface area contributed by atoms with E-state index >= 15 is 0 Å². The van der Waals surface area contributed by atoms with E-state index in [1.807, 2.05) is 42.9 Å². The van der Waals surface area contributed by atoms with Gasteiger partial charge in [0.25, 0.3) is 0 Å². The van der Waals surface area contributed by atoms with Crippen LogP contribution in [0.5, 0.6) is 0 Å². The van der Waals surface area contributed by atoms with Gasteiger partial charge in [0.05, 0.1) is 11.1 Å². The van der Waals surface area contributed by atoms with E-state index in [1.165, 1.54) is 5.56 Å². The first-order chi connectivity index (χ1) is 15.7. The quantitative estimate of drug-likeness (QED) is 0.547. The van der Waals surface area contributed by atoms with E-state index < -0.39 is 5.41 Å². The number of aromatic nitrogens is 2. The summed E-state index contributed by atoms with van der Waals surface area (Å²) in [5.41, 5.74) is 4.13. The topological polar surface area (TPSA) is 58.1 Å². The van der Waals surface area contributed by atoms with Gasteiger partial charge in [0.1, 0.15) is 0 Å². The predicted octanol–water partition coefficient (Wildman–Crippen LogP) is 4.27. The van der Waals surface area contributed by atoms with Crippen molar-refractivity contribution < 1.29 is 4.79 Å². The molecule has 0 radical (unpaired) electrons. The van der Waals surface area contributed by atoms with Crippen molar-refractivity contribution in [3.63, 3.8) is 0 Å². The molecule has 5 heteroatoms. The predicted molar refractivity (Wildman–Crippen MR) is 128 cm³/mol. The molecule has 5 nitrogen and oxygen atoms in total. The van der Waals surface area contributed by atoms with Gasteiger partial charge >= 0.3 is 0 Å². The minimum atomic E-state index is -0.416. The summed E-state index contributed by atoms with van der Waals surface area (Å²) in [6.45, 7) is 6.83. The molecule has 0 saturated carbocycles. The molecule has 1 saturated heterocycles. The molecule has 1 aliphatic rings. The Balaban J connectivity index is 1.51. The average Bonchev–Trinajstić information content (AvgIpc) is 2.85. The van der Waals surface area contributed by atoms with Gasteiger partial charge in [-0.2, -0.15) is 0 Å². The monoisotopic (exact) mass is 426 g/mol. The van der Waals surface area contributed by atoms with E-state index in [9.17, 15) is 4.79 Å². The highest BCUT2D eigenvalue weighted by Gasteiger charge is 2.41. The van der Waals surface area contributed by atoms with E-state index in [0.29, 0.717) is 6.54 Å². The van der Waals surface area contributed by atoms with E-state index in [0.717, 1.165) is 55.7 Å². The number of nitrogens with zero attached hydrogens (tertiary/aromatic N) is 3. The van der Waals surface area contributed by atoms with Crippen LogP contribution in [0, 0.1) is 5.41 Å². The molecule has 1 N–H and O–H groups in total. The van der Waals surface area contributed by atoms with E-state index in [4.69, 9.17) is 0 Å². The molecule has 0 spiro atoms. The minimum absolute atomic E-state index is 0.129. The van der Waals surface area contributed by atoms with Crippen LogP contribution in [0.3, 0.4) is 0 Å². The maximum Gasteiger partial charge on any atom is 0.226 e. The number of carbonyl (C=O) groups excluding carboxylic acids is 1. The van der Waals surface area contributed by atoms with Crippen molar-refractivity contribution in [2.75, 3.05) is 19.6 Å². The number of nitrogens with one attached hydrogen (secondary N) is 1. The summed E-state index contributed by atoms with van der Waals surface area (Å²) in [6, 6.07) is 18.6. The van der Waals surface area contributed by atoms with Crippen LogP contribution >= 0.6 is 0 Å². The summed E-state index contributed by atoms with van der Waals surface area (Å²) >= 11 is 0. The van der Waals surface area contributed by atoms with E-state index in [2.05, 4.69) is 57.1 Å². The number of benzene rings is 1. The molecule has 164 valence electrons. The van der Waals surface area contributed by atoms with Crippen LogP contribution in [0.15, 0.2) is 85.8 Å². The molecule has 1 aliphatic heterocycles. The fourth-order valence-corrected chi connectivity index (χ4v) is 4.49. The highest BCUT2D eigenvalue weighted by atomic mass is 16.2. The van der Waals surface area contributed by atoms with E-state index in [1.54, 1.807) is 6.08 Å². The number of piperidine rings is 1. The third-order valence-corrected chi connectivity index (χ3v) is 6.30. The number of rotatable bonds is 8. The van der Waals surface area contributed by atoms with Gasteiger partial charge in [-0.15, -0.1) is 6.58 Å². The second kappa shape index (κ2) is 10.3. The van der Waals surface area contributed by atoms with Crippen molar-refractivity contribution in [3.8, 4) is 11.1 Å². The average molecular weight is 427 g/mol. The van der Waals surface area contributed by atoms with Crippen molar-refractivity contribution >= 4 is 5.91 Å². The Bertz CT molecular complexity index is 1030. The van der Waals surface area contributed by atoms with Crippen LogP contribution in [-0.4, -0.2) is 40.4 Å². The van der Waals surface area contributed by atoms with Crippen LogP contribution in [0.1, 0.15) is 24.1 Å². The molecule has 3 aromatic rings. The lowest BCUT2D eigenvalue weighted by atomic mass is 9.72. The fourth-order valence-electron chi connectivity index (χ4n) is 4.49. The number of hydrogen-bond acceptors (Lipinski definition) is 4. The summed E-state index contributed by atoms with van der Waals surface area (Å²) in [5.74, 6) is 0.129. The first kappa shape index (κ1) is 21.9. The summed E-state index contributed by atoms with van der Waals surface area (Å²) in [5, 5.41) is 3.08. The van der Waals surface area contributed by atoms with Crippen molar-refractivity contribution in [3.05, 3.63) is 97.1 Å². The van der Waals surface area contributed by atoms with Crippen molar-refractivity contribution in [1.29, 1.82) is 0 Å². The van der Waals surface area contributed by atoms with Crippen molar-refractivity contribution in [2.24, 2.45) is 5.41 Å². The lowest BCUT2D eigenvalue weighted by molar-refractivity contribution is -0.133. The lowest BCUT2D eigenvalue weighted by Crippen LogP contribution is -2.50. The van der Waals surface area contributed by atoms with Gasteiger partial charge in [-0.1, -0.05) is 36.4 Å². The molecule has 0 bridgehead atoms. The lowest BCUT2D eigenvalue weighted by Gasteiger charge is -2.40. The zero-order chi connectivity index (χ0) is 22.2. The first-order valence-electron chi connectivity index (χ1n) is 11.2. The van der Waals surface area contributed by atoms with Gasteiger partial charge in [0, 0.05) is 31.7 Å². The summed E-state index contributed by atoms with van der Waals surface area (Å²) in [7, 11) is 0. The van der Waals surface area contributed by atoms with Gasteiger partial charge in [-0.25, -0.2) is 0 Å². The van der Waals surface area contributed by atoms with Gasteiger partial charge in [0.2, 0.25) is 5.91 Å². The Morgan fingerprint density at radius 3 is 2.56 bits per heavy atom. The van der Waals surface area contributed by atoms with Crippen LogP contribution in [0.25, 0.3) is 11.1 Å². The van der Waals surface area contributed by atoms with Crippen LogP contribution in [-0.2, 0) is 17.8 Å². The molecule has 4 rings (SSSR count). The Kier molecular flexibility index (Phi) is 7.07. The zero-order valence-electron chi connectivity index (χ0n) is 18.4. The molecule has 0 unspecified atom stereocenters. The zero-order valence-corrected chi connectivity index (χ0v) is 18.4. The molecule has 1 amide bonds. The summed E-state index contributed by atoms with van der Waals surface area (Å²) in [6.07, 6.45) is 9.57. The molecule has 3 heterocycles. The number of carbonyl (C=O) groups is 1. The third kappa shape index (κ3) is 5.29. The van der Waals surface area contributed by atoms with Gasteiger partial charge in [-0.3, -0.25) is 19.7 Å². The summed E-state index contributed by atoms with van der Waals surface area (Å²) < 4.78 is 0. The van der Waals surface area contributed by atoms with E-state index in [-0.39, 0.29) is 5.91 Å². The third-order valence-electron chi connectivity index (χ3n) is 6.30.